The first kappa shape index (κ1) is 11.6. The number of likely N-dealkylation sites (tertiary alicyclic amines) is 1. The van der Waals surface area contributed by atoms with E-state index in [4.69, 9.17) is 4.52 Å². The van der Waals surface area contributed by atoms with Gasteiger partial charge in [0.2, 0.25) is 0 Å². The van der Waals surface area contributed by atoms with Crippen molar-refractivity contribution in [2.45, 2.75) is 58.0 Å². The molecule has 0 spiro atoms. The number of hydrogen-bond donors (Lipinski definition) is 0. The molecule has 0 N–H and O–H groups in total. The first-order valence-corrected chi connectivity index (χ1v) is 6.37. The molecule has 3 nitrogen and oxygen atoms in total. The Balaban J connectivity index is 1.98. The molecular weight excluding hydrogens is 200 g/mol. The molecule has 1 aliphatic heterocycles. The van der Waals surface area contributed by atoms with Gasteiger partial charge in [0.25, 0.3) is 0 Å². The van der Waals surface area contributed by atoms with Gasteiger partial charge in [-0.3, -0.25) is 4.90 Å². The molecule has 0 aromatic carbocycles. The highest BCUT2D eigenvalue weighted by Crippen LogP contribution is 2.36. The number of hydrogen-bond acceptors (Lipinski definition) is 3. The molecule has 2 atom stereocenters. The lowest BCUT2D eigenvalue weighted by Crippen LogP contribution is -2.27. The molecule has 0 bridgehead atoms. The molecule has 0 saturated carbocycles. The van der Waals surface area contributed by atoms with Crippen molar-refractivity contribution < 1.29 is 4.52 Å². The Morgan fingerprint density at radius 1 is 1.50 bits per heavy atom. The minimum atomic E-state index is 0.447. The summed E-state index contributed by atoms with van der Waals surface area (Å²) in [6.45, 7) is 4.24. The average molecular weight is 222 g/mol. The van der Waals surface area contributed by atoms with Gasteiger partial charge in [-0.05, 0) is 33.2 Å². The van der Waals surface area contributed by atoms with Crippen LogP contribution in [0.1, 0.15) is 56.5 Å². The number of aromatic nitrogens is 1. The van der Waals surface area contributed by atoms with Gasteiger partial charge in [0.1, 0.15) is 0 Å². The standard InChI is InChI=1S/C13H22N2O/c1-4-5-6-11-7-8-12(15(11)3)13-9-10(2)14-16-13/h9,11-12H,4-8H2,1-3H3/t11-,12-/m0/s1. The van der Waals surface area contributed by atoms with Crippen LogP contribution in [0, 0.1) is 6.92 Å². The lowest BCUT2D eigenvalue weighted by molar-refractivity contribution is 0.197. The fraction of sp³-hybridized carbons (Fsp3) is 0.769. The zero-order valence-corrected chi connectivity index (χ0v) is 10.6. The van der Waals surface area contributed by atoms with E-state index in [2.05, 4.69) is 30.1 Å². The van der Waals surface area contributed by atoms with Crippen molar-refractivity contribution in [3.8, 4) is 0 Å². The van der Waals surface area contributed by atoms with Crippen molar-refractivity contribution in [1.82, 2.24) is 10.1 Å². The summed E-state index contributed by atoms with van der Waals surface area (Å²) in [4.78, 5) is 2.47. The summed E-state index contributed by atoms with van der Waals surface area (Å²) in [5.41, 5.74) is 0.986. The van der Waals surface area contributed by atoms with Gasteiger partial charge in [0.05, 0.1) is 11.7 Å². The van der Waals surface area contributed by atoms with Gasteiger partial charge in [-0.2, -0.15) is 0 Å². The maximum Gasteiger partial charge on any atom is 0.154 e. The summed E-state index contributed by atoms with van der Waals surface area (Å²) in [5, 5.41) is 3.98. The van der Waals surface area contributed by atoms with Gasteiger partial charge in [0.15, 0.2) is 5.76 Å². The van der Waals surface area contributed by atoms with Crippen LogP contribution in [0.3, 0.4) is 0 Å². The molecule has 16 heavy (non-hydrogen) atoms. The predicted molar refractivity (Wildman–Crippen MR) is 64.3 cm³/mol. The number of unbranched alkanes of at least 4 members (excludes halogenated alkanes) is 1. The summed E-state index contributed by atoms with van der Waals surface area (Å²) in [6, 6.07) is 3.25. The second kappa shape index (κ2) is 5.00. The molecule has 0 amide bonds. The molecule has 1 fully saturated rings. The minimum absolute atomic E-state index is 0.447. The van der Waals surface area contributed by atoms with Gasteiger partial charge in [-0.25, -0.2) is 0 Å². The first-order valence-electron chi connectivity index (χ1n) is 6.37. The van der Waals surface area contributed by atoms with E-state index in [9.17, 15) is 0 Å². The first-order chi connectivity index (χ1) is 7.72. The van der Waals surface area contributed by atoms with Crippen LogP contribution in [-0.2, 0) is 0 Å². The zero-order valence-electron chi connectivity index (χ0n) is 10.6. The van der Waals surface area contributed by atoms with E-state index in [1.54, 1.807) is 0 Å². The molecule has 1 aromatic heterocycles. The Kier molecular flexibility index (Phi) is 3.64. The van der Waals surface area contributed by atoms with E-state index in [1.165, 1.54) is 32.1 Å². The molecular formula is C13H22N2O. The van der Waals surface area contributed by atoms with Crippen LogP contribution in [-0.4, -0.2) is 23.1 Å². The Labute approximate surface area is 97.8 Å². The van der Waals surface area contributed by atoms with Crippen molar-refractivity contribution in [3.63, 3.8) is 0 Å². The lowest BCUT2D eigenvalue weighted by Gasteiger charge is -2.23. The molecule has 0 radical (unpaired) electrons. The Morgan fingerprint density at radius 3 is 2.94 bits per heavy atom. The monoisotopic (exact) mass is 222 g/mol. The van der Waals surface area contributed by atoms with E-state index in [0.29, 0.717) is 6.04 Å². The molecule has 0 aliphatic carbocycles. The summed E-state index contributed by atoms with van der Waals surface area (Å²) in [7, 11) is 2.22. The van der Waals surface area contributed by atoms with Gasteiger partial charge in [-0.1, -0.05) is 24.9 Å². The Bertz CT molecular complexity index is 334. The molecule has 3 heteroatoms. The van der Waals surface area contributed by atoms with E-state index in [0.717, 1.165) is 17.5 Å². The van der Waals surface area contributed by atoms with Crippen molar-refractivity contribution in [3.05, 3.63) is 17.5 Å². The van der Waals surface area contributed by atoms with Crippen LogP contribution in [0.25, 0.3) is 0 Å². The lowest BCUT2D eigenvalue weighted by atomic mass is 10.1. The largest absolute Gasteiger partial charge is 0.359 e. The number of aryl methyl sites for hydroxylation is 1. The van der Waals surface area contributed by atoms with Gasteiger partial charge in [-0.15, -0.1) is 0 Å². The zero-order chi connectivity index (χ0) is 11.5. The third kappa shape index (κ3) is 2.29. The highest BCUT2D eigenvalue weighted by Gasteiger charge is 2.33. The fourth-order valence-electron chi connectivity index (χ4n) is 2.68. The fourth-order valence-corrected chi connectivity index (χ4v) is 2.68. The quantitative estimate of drug-likeness (QED) is 0.782. The maximum atomic E-state index is 5.38. The molecule has 0 unspecified atom stereocenters. The summed E-state index contributed by atoms with van der Waals surface area (Å²) in [5.74, 6) is 1.04. The maximum absolute atomic E-state index is 5.38. The molecule has 2 rings (SSSR count). The van der Waals surface area contributed by atoms with Crippen molar-refractivity contribution >= 4 is 0 Å². The summed E-state index contributed by atoms with van der Waals surface area (Å²) < 4.78 is 5.38. The average Bonchev–Trinajstić information content (AvgIpc) is 2.83. The van der Waals surface area contributed by atoms with Crippen LogP contribution >= 0.6 is 0 Å². The van der Waals surface area contributed by atoms with E-state index >= 15 is 0 Å². The molecule has 90 valence electrons. The van der Waals surface area contributed by atoms with E-state index in [-0.39, 0.29) is 0 Å². The van der Waals surface area contributed by atoms with Crippen LogP contribution < -0.4 is 0 Å². The third-order valence-corrected chi connectivity index (χ3v) is 3.71. The SMILES string of the molecule is CCCC[C@H]1CC[C@@H](c2cc(C)no2)N1C. The molecule has 1 saturated heterocycles. The Morgan fingerprint density at radius 2 is 2.31 bits per heavy atom. The minimum Gasteiger partial charge on any atom is -0.359 e. The van der Waals surface area contributed by atoms with E-state index in [1.807, 2.05) is 6.92 Å². The number of rotatable bonds is 4. The van der Waals surface area contributed by atoms with Crippen LogP contribution in [0.4, 0.5) is 0 Å². The second-order valence-corrected chi connectivity index (χ2v) is 4.93. The van der Waals surface area contributed by atoms with Crippen molar-refractivity contribution in [1.29, 1.82) is 0 Å². The molecule has 2 heterocycles. The highest BCUT2D eigenvalue weighted by atomic mass is 16.5. The summed E-state index contributed by atoms with van der Waals surface area (Å²) in [6.07, 6.45) is 6.44. The highest BCUT2D eigenvalue weighted by molar-refractivity contribution is 5.10. The number of nitrogens with zero attached hydrogens (tertiary/aromatic N) is 2. The van der Waals surface area contributed by atoms with E-state index < -0.39 is 0 Å². The topological polar surface area (TPSA) is 29.3 Å². The normalized spacial score (nSPS) is 26.4. The second-order valence-electron chi connectivity index (χ2n) is 4.93. The van der Waals surface area contributed by atoms with Crippen molar-refractivity contribution in [2.24, 2.45) is 0 Å². The Hall–Kier alpha value is -0.830. The van der Waals surface area contributed by atoms with Crippen LogP contribution in [0.15, 0.2) is 10.6 Å². The molecule has 1 aliphatic rings. The predicted octanol–water partition coefficient (Wildman–Crippen LogP) is 3.31. The van der Waals surface area contributed by atoms with Gasteiger partial charge in [0, 0.05) is 12.1 Å². The van der Waals surface area contributed by atoms with Gasteiger partial charge >= 0.3 is 0 Å². The van der Waals surface area contributed by atoms with Crippen molar-refractivity contribution in [2.75, 3.05) is 7.05 Å². The van der Waals surface area contributed by atoms with Gasteiger partial charge < -0.3 is 4.52 Å². The third-order valence-electron chi connectivity index (χ3n) is 3.71. The smallest absolute Gasteiger partial charge is 0.154 e. The molecule has 1 aromatic rings. The summed E-state index contributed by atoms with van der Waals surface area (Å²) >= 11 is 0. The van der Waals surface area contributed by atoms with Crippen LogP contribution in [0.5, 0.6) is 0 Å². The van der Waals surface area contributed by atoms with Crippen LogP contribution in [0.2, 0.25) is 0 Å².